The first-order chi connectivity index (χ1) is 7.75. The van der Waals surface area contributed by atoms with Gasteiger partial charge in [-0.3, -0.25) is 4.79 Å². The van der Waals surface area contributed by atoms with Crippen molar-refractivity contribution in [1.82, 2.24) is 10.6 Å². The maximum Gasteiger partial charge on any atom is 0.249 e. The molecule has 2 heterocycles. The molecule has 2 aliphatic rings. The molecule has 2 fully saturated rings. The summed E-state index contributed by atoms with van der Waals surface area (Å²) in [4.78, 5) is 11.7. The van der Waals surface area contributed by atoms with E-state index in [4.69, 9.17) is 4.74 Å². The highest BCUT2D eigenvalue weighted by Crippen LogP contribution is 2.18. The molecule has 2 rings (SSSR count). The van der Waals surface area contributed by atoms with Gasteiger partial charge in [-0.15, -0.1) is 0 Å². The van der Waals surface area contributed by atoms with Crippen LogP contribution in [0, 0.1) is 0 Å². The van der Waals surface area contributed by atoms with E-state index in [1.54, 1.807) is 0 Å². The molecule has 3 atom stereocenters. The molecule has 16 heavy (non-hydrogen) atoms. The van der Waals surface area contributed by atoms with Gasteiger partial charge in [0.2, 0.25) is 5.91 Å². The second kappa shape index (κ2) is 5.64. The predicted octanol–water partition coefficient (Wildman–Crippen LogP) is 0.812. The summed E-state index contributed by atoms with van der Waals surface area (Å²) < 4.78 is 5.52. The van der Waals surface area contributed by atoms with Crippen molar-refractivity contribution in [2.24, 2.45) is 0 Å². The zero-order chi connectivity index (χ0) is 11.4. The van der Waals surface area contributed by atoms with Crippen molar-refractivity contribution < 1.29 is 9.53 Å². The molecule has 0 aromatic heterocycles. The first-order valence-electron chi connectivity index (χ1n) is 6.42. The molecule has 0 aliphatic carbocycles. The van der Waals surface area contributed by atoms with E-state index in [-0.39, 0.29) is 18.1 Å². The number of carbonyl (C=O) groups is 1. The van der Waals surface area contributed by atoms with E-state index in [9.17, 15) is 4.79 Å². The first kappa shape index (κ1) is 11.9. The molecule has 2 saturated heterocycles. The van der Waals surface area contributed by atoms with Crippen LogP contribution in [-0.2, 0) is 9.53 Å². The van der Waals surface area contributed by atoms with Crippen molar-refractivity contribution in [1.29, 1.82) is 0 Å². The first-order valence-corrected chi connectivity index (χ1v) is 6.42. The van der Waals surface area contributed by atoms with Crippen LogP contribution in [0.1, 0.15) is 39.0 Å². The highest BCUT2D eigenvalue weighted by atomic mass is 16.5. The minimum absolute atomic E-state index is 0.0716. The Kier molecular flexibility index (Phi) is 4.18. The van der Waals surface area contributed by atoms with E-state index in [0.717, 1.165) is 32.4 Å². The monoisotopic (exact) mass is 226 g/mol. The molecule has 0 aromatic rings. The van der Waals surface area contributed by atoms with Crippen LogP contribution < -0.4 is 10.6 Å². The molecule has 0 bridgehead atoms. The number of hydrogen-bond acceptors (Lipinski definition) is 3. The standard InChI is InChI=1S/C12H22N2O2/c1-9-4-5-11(16-9)12(15)14-8-6-10-3-2-7-13-10/h9-11,13H,2-8H2,1H3,(H,14,15)/t9?,10-,11?/m1/s1. The van der Waals surface area contributed by atoms with Crippen LogP contribution in [0.15, 0.2) is 0 Å². The lowest BCUT2D eigenvalue weighted by molar-refractivity contribution is -0.131. The van der Waals surface area contributed by atoms with Crippen LogP contribution >= 0.6 is 0 Å². The minimum Gasteiger partial charge on any atom is -0.365 e. The van der Waals surface area contributed by atoms with Crippen molar-refractivity contribution in [3.63, 3.8) is 0 Å². The number of amides is 1. The smallest absolute Gasteiger partial charge is 0.249 e. The molecular weight excluding hydrogens is 204 g/mol. The molecule has 4 heteroatoms. The van der Waals surface area contributed by atoms with Gasteiger partial charge in [-0.1, -0.05) is 0 Å². The summed E-state index contributed by atoms with van der Waals surface area (Å²) >= 11 is 0. The Balaban J connectivity index is 1.60. The molecule has 0 radical (unpaired) electrons. The van der Waals surface area contributed by atoms with Crippen molar-refractivity contribution in [2.45, 2.75) is 57.3 Å². The fraction of sp³-hybridized carbons (Fsp3) is 0.917. The van der Waals surface area contributed by atoms with Crippen molar-refractivity contribution in [3.8, 4) is 0 Å². The van der Waals surface area contributed by atoms with Crippen molar-refractivity contribution in [3.05, 3.63) is 0 Å². The van der Waals surface area contributed by atoms with E-state index >= 15 is 0 Å². The molecule has 0 aromatic carbocycles. The summed E-state index contributed by atoms with van der Waals surface area (Å²) in [7, 11) is 0. The summed E-state index contributed by atoms with van der Waals surface area (Å²) in [5.74, 6) is 0.0716. The topological polar surface area (TPSA) is 50.4 Å². The van der Waals surface area contributed by atoms with Gasteiger partial charge in [-0.2, -0.15) is 0 Å². The zero-order valence-electron chi connectivity index (χ0n) is 10.00. The second-order valence-electron chi connectivity index (χ2n) is 4.89. The molecular formula is C12H22N2O2. The number of carbonyl (C=O) groups excluding carboxylic acids is 1. The number of hydrogen-bond donors (Lipinski definition) is 2. The van der Waals surface area contributed by atoms with Gasteiger partial charge in [0.05, 0.1) is 6.10 Å². The normalized spacial score (nSPS) is 34.2. The SMILES string of the molecule is CC1CCC(C(=O)NCC[C@H]2CCCN2)O1. The van der Waals surface area contributed by atoms with Gasteiger partial charge in [0, 0.05) is 12.6 Å². The Hall–Kier alpha value is -0.610. The lowest BCUT2D eigenvalue weighted by Gasteiger charge is -2.14. The predicted molar refractivity (Wildman–Crippen MR) is 62.2 cm³/mol. The van der Waals surface area contributed by atoms with Crippen molar-refractivity contribution >= 4 is 5.91 Å². The zero-order valence-corrected chi connectivity index (χ0v) is 10.00. The second-order valence-corrected chi connectivity index (χ2v) is 4.89. The van der Waals surface area contributed by atoms with E-state index < -0.39 is 0 Å². The number of nitrogens with one attached hydrogen (secondary N) is 2. The van der Waals surface area contributed by atoms with Crippen LogP contribution in [-0.4, -0.2) is 37.2 Å². The fourth-order valence-electron chi connectivity index (χ4n) is 2.48. The van der Waals surface area contributed by atoms with E-state index in [0.29, 0.717) is 6.04 Å². The summed E-state index contributed by atoms with van der Waals surface area (Å²) in [6.45, 7) is 3.92. The molecule has 1 amide bonds. The van der Waals surface area contributed by atoms with Crippen LogP contribution in [0.2, 0.25) is 0 Å². The van der Waals surface area contributed by atoms with Gasteiger partial charge in [-0.25, -0.2) is 0 Å². The summed E-state index contributed by atoms with van der Waals surface area (Å²) in [6.07, 6.45) is 5.46. The van der Waals surface area contributed by atoms with Gasteiger partial charge >= 0.3 is 0 Å². The van der Waals surface area contributed by atoms with Crippen LogP contribution in [0.3, 0.4) is 0 Å². The average Bonchev–Trinajstić information content (AvgIpc) is 2.89. The maximum absolute atomic E-state index is 11.7. The van der Waals surface area contributed by atoms with E-state index in [2.05, 4.69) is 10.6 Å². The Bertz CT molecular complexity index is 239. The van der Waals surface area contributed by atoms with Gasteiger partial charge in [0.15, 0.2) is 0 Å². The molecule has 0 saturated carbocycles. The van der Waals surface area contributed by atoms with Gasteiger partial charge in [0.1, 0.15) is 6.10 Å². The summed E-state index contributed by atoms with van der Waals surface area (Å²) in [5.41, 5.74) is 0. The lowest BCUT2D eigenvalue weighted by Crippen LogP contribution is -2.37. The third kappa shape index (κ3) is 3.19. The third-order valence-electron chi connectivity index (χ3n) is 3.48. The number of rotatable bonds is 4. The number of ether oxygens (including phenoxy) is 1. The summed E-state index contributed by atoms with van der Waals surface area (Å²) in [6, 6.07) is 0.601. The maximum atomic E-state index is 11.7. The highest BCUT2D eigenvalue weighted by Gasteiger charge is 2.27. The largest absolute Gasteiger partial charge is 0.365 e. The lowest BCUT2D eigenvalue weighted by atomic mass is 10.1. The molecule has 2 aliphatic heterocycles. The van der Waals surface area contributed by atoms with Crippen LogP contribution in [0.5, 0.6) is 0 Å². The van der Waals surface area contributed by atoms with Gasteiger partial charge in [-0.05, 0) is 45.6 Å². The molecule has 92 valence electrons. The van der Waals surface area contributed by atoms with Gasteiger partial charge in [0.25, 0.3) is 0 Å². The Labute approximate surface area is 97.1 Å². The molecule has 4 nitrogen and oxygen atoms in total. The minimum atomic E-state index is -0.202. The Morgan fingerprint density at radius 1 is 1.44 bits per heavy atom. The summed E-state index contributed by atoms with van der Waals surface area (Å²) in [5, 5.41) is 6.39. The average molecular weight is 226 g/mol. The highest BCUT2D eigenvalue weighted by molar-refractivity contribution is 5.80. The van der Waals surface area contributed by atoms with E-state index in [1.165, 1.54) is 12.8 Å². The molecule has 2 unspecified atom stereocenters. The van der Waals surface area contributed by atoms with Crippen LogP contribution in [0.4, 0.5) is 0 Å². The molecule has 2 N–H and O–H groups in total. The quantitative estimate of drug-likeness (QED) is 0.746. The van der Waals surface area contributed by atoms with Crippen LogP contribution in [0.25, 0.3) is 0 Å². The van der Waals surface area contributed by atoms with E-state index in [1.807, 2.05) is 6.92 Å². The molecule has 0 spiro atoms. The fourth-order valence-corrected chi connectivity index (χ4v) is 2.48. The Morgan fingerprint density at radius 3 is 2.94 bits per heavy atom. The van der Waals surface area contributed by atoms with Crippen molar-refractivity contribution in [2.75, 3.05) is 13.1 Å². The Morgan fingerprint density at radius 2 is 2.31 bits per heavy atom. The third-order valence-corrected chi connectivity index (χ3v) is 3.48. The van der Waals surface area contributed by atoms with Gasteiger partial charge < -0.3 is 15.4 Å².